The molecule has 0 aliphatic rings. The van der Waals surface area contributed by atoms with Crippen LogP contribution in [0.4, 0.5) is 0 Å². The van der Waals surface area contributed by atoms with Crippen LogP contribution in [0.25, 0.3) is 0 Å². The molecule has 0 amide bonds. The Balaban J connectivity index is 2.06. The van der Waals surface area contributed by atoms with E-state index in [-0.39, 0.29) is 0 Å². The molecular formula is C14H15BrN2O2S. The summed E-state index contributed by atoms with van der Waals surface area (Å²) in [7, 11) is -3.48. The molecule has 1 aromatic heterocycles. The lowest BCUT2D eigenvalue weighted by molar-refractivity contribution is 0.581. The van der Waals surface area contributed by atoms with Crippen molar-refractivity contribution in [2.75, 3.05) is 6.54 Å². The van der Waals surface area contributed by atoms with Crippen molar-refractivity contribution < 1.29 is 8.42 Å². The Morgan fingerprint density at radius 2 is 1.90 bits per heavy atom. The molecule has 0 spiro atoms. The van der Waals surface area contributed by atoms with Crippen LogP contribution in [0.1, 0.15) is 11.1 Å². The van der Waals surface area contributed by atoms with Gasteiger partial charge in [0.1, 0.15) is 0 Å². The molecule has 2 aromatic rings. The molecule has 0 radical (unpaired) electrons. The van der Waals surface area contributed by atoms with Gasteiger partial charge in [-0.3, -0.25) is 4.98 Å². The van der Waals surface area contributed by atoms with Gasteiger partial charge in [0.05, 0.1) is 4.90 Å². The third-order valence-electron chi connectivity index (χ3n) is 2.89. The first-order chi connectivity index (χ1) is 9.49. The number of nitrogens with one attached hydrogen (secondary N) is 1. The van der Waals surface area contributed by atoms with Crippen molar-refractivity contribution in [2.24, 2.45) is 0 Å². The molecule has 0 saturated heterocycles. The van der Waals surface area contributed by atoms with Crippen molar-refractivity contribution in [3.05, 3.63) is 58.3 Å². The lowest BCUT2D eigenvalue weighted by atomic mass is 10.2. The molecule has 1 heterocycles. The molecule has 4 nitrogen and oxygen atoms in total. The van der Waals surface area contributed by atoms with E-state index in [1.54, 1.807) is 31.5 Å². The van der Waals surface area contributed by atoms with Crippen molar-refractivity contribution >= 4 is 26.0 Å². The first-order valence-corrected chi connectivity index (χ1v) is 8.41. The summed E-state index contributed by atoms with van der Waals surface area (Å²) in [6.45, 7) is 2.14. The van der Waals surface area contributed by atoms with E-state index < -0.39 is 10.0 Å². The van der Waals surface area contributed by atoms with E-state index in [9.17, 15) is 8.42 Å². The van der Waals surface area contributed by atoms with Crippen molar-refractivity contribution in [3.8, 4) is 0 Å². The Hall–Kier alpha value is -1.24. The van der Waals surface area contributed by atoms with Crippen molar-refractivity contribution in [3.63, 3.8) is 0 Å². The quantitative estimate of drug-likeness (QED) is 0.897. The minimum atomic E-state index is -3.48. The average molecular weight is 355 g/mol. The molecule has 0 aliphatic heterocycles. The molecule has 1 aromatic carbocycles. The summed E-state index contributed by atoms with van der Waals surface area (Å²) in [5.41, 5.74) is 1.78. The number of sulfonamides is 1. The predicted octanol–water partition coefficient (Wildman–Crippen LogP) is 2.67. The SMILES string of the molecule is Cc1ccc(Br)cc1S(=O)(=O)NCCc1ccncc1. The summed E-state index contributed by atoms with van der Waals surface area (Å²) >= 11 is 3.29. The molecule has 20 heavy (non-hydrogen) atoms. The summed E-state index contributed by atoms with van der Waals surface area (Å²) in [5.74, 6) is 0. The van der Waals surface area contributed by atoms with Crippen LogP contribution in [-0.2, 0) is 16.4 Å². The minimum Gasteiger partial charge on any atom is -0.265 e. The standard InChI is InChI=1S/C14H15BrN2O2S/c1-11-2-3-13(15)10-14(11)20(18,19)17-9-6-12-4-7-16-8-5-12/h2-5,7-8,10,17H,6,9H2,1H3. The summed E-state index contributed by atoms with van der Waals surface area (Å²) in [5, 5.41) is 0. The van der Waals surface area contributed by atoms with Crippen LogP contribution < -0.4 is 4.72 Å². The minimum absolute atomic E-state index is 0.307. The van der Waals surface area contributed by atoms with Crippen molar-refractivity contribution in [1.82, 2.24) is 9.71 Å². The lowest BCUT2D eigenvalue weighted by Gasteiger charge is -2.09. The first kappa shape index (κ1) is 15.2. The normalized spacial score (nSPS) is 11.5. The molecule has 106 valence electrons. The fraction of sp³-hybridized carbons (Fsp3) is 0.214. The van der Waals surface area contributed by atoms with Gasteiger partial charge in [0.2, 0.25) is 10.0 Å². The molecule has 0 unspecified atom stereocenters. The van der Waals surface area contributed by atoms with E-state index in [1.807, 2.05) is 18.2 Å². The lowest BCUT2D eigenvalue weighted by Crippen LogP contribution is -2.26. The van der Waals surface area contributed by atoms with E-state index in [1.165, 1.54) is 0 Å². The highest BCUT2D eigenvalue weighted by Gasteiger charge is 2.16. The number of aromatic nitrogens is 1. The number of nitrogens with zero attached hydrogens (tertiary/aromatic N) is 1. The highest BCUT2D eigenvalue weighted by Crippen LogP contribution is 2.20. The van der Waals surface area contributed by atoms with E-state index in [2.05, 4.69) is 25.6 Å². The number of hydrogen-bond acceptors (Lipinski definition) is 3. The zero-order valence-electron chi connectivity index (χ0n) is 11.0. The molecule has 0 aliphatic carbocycles. The van der Waals surface area contributed by atoms with Gasteiger partial charge >= 0.3 is 0 Å². The smallest absolute Gasteiger partial charge is 0.240 e. The molecule has 0 saturated carbocycles. The van der Waals surface area contributed by atoms with Crippen LogP contribution in [0.5, 0.6) is 0 Å². The Morgan fingerprint density at radius 3 is 2.60 bits per heavy atom. The van der Waals surface area contributed by atoms with Gasteiger partial charge in [0, 0.05) is 23.4 Å². The van der Waals surface area contributed by atoms with E-state index in [4.69, 9.17) is 0 Å². The van der Waals surface area contributed by atoms with Gasteiger partial charge in [-0.05, 0) is 48.7 Å². The number of rotatable bonds is 5. The zero-order chi connectivity index (χ0) is 14.6. The third-order valence-corrected chi connectivity index (χ3v) is 4.99. The van der Waals surface area contributed by atoms with Crippen LogP contribution in [0.2, 0.25) is 0 Å². The highest BCUT2D eigenvalue weighted by molar-refractivity contribution is 9.10. The molecule has 2 rings (SSSR count). The average Bonchev–Trinajstić information content (AvgIpc) is 2.42. The summed E-state index contributed by atoms with van der Waals surface area (Å²) in [6.07, 6.45) is 4.03. The predicted molar refractivity (Wildman–Crippen MR) is 82.0 cm³/mol. The zero-order valence-corrected chi connectivity index (χ0v) is 13.4. The van der Waals surface area contributed by atoms with E-state index in [0.717, 1.165) is 15.6 Å². The number of benzene rings is 1. The van der Waals surface area contributed by atoms with Crippen LogP contribution in [0, 0.1) is 6.92 Å². The van der Waals surface area contributed by atoms with Gasteiger partial charge in [-0.25, -0.2) is 13.1 Å². The monoisotopic (exact) mass is 354 g/mol. The second-order valence-electron chi connectivity index (χ2n) is 4.41. The van der Waals surface area contributed by atoms with E-state index >= 15 is 0 Å². The second-order valence-corrected chi connectivity index (χ2v) is 7.06. The maximum atomic E-state index is 12.3. The molecule has 0 fully saturated rings. The van der Waals surface area contributed by atoms with Gasteiger partial charge in [-0.2, -0.15) is 0 Å². The van der Waals surface area contributed by atoms with Crippen LogP contribution >= 0.6 is 15.9 Å². The summed E-state index contributed by atoms with van der Waals surface area (Å²) in [4.78, 5) is 4.23. The van der Waals surface area contributed by atoms with Crippen molar-refractivity contribution in [2.45, 2.75) is 18.2 Å². The number of pyridine rings is 1. The maximum Gasteiger partial charge on any atom is 0.240 e. The number of halogens is 1. The Kier molecular flexibility index (Phi) is 4.91. The fourth-order valence-corrected chi connectivity index (χ4v) is 3.63. The highest BCUT2D eigenvalue weighted by atomic mass is 79.9. The van der Waals surface area contributed by atoms with Gasteiger partial charge in [-0.1, -0.05) is 22.0 Å². The number of aryl methyl sites for hydroxylation is 1. The van der Waals surface area contributed by atoms with Crippen LogP contribution in [-0.4, -0.2) is 19.9 Å². The molecular weight excluding hydrogens is 340 g/mol. The van der Waals surface area contributed by atoms with Crippen LogP contribution in [0.15, 0.2) is 52.1 Å². The van der Waals surface area contributed by atoms with E-state index in [0.29, 0.717) is 17.9 Å². The van der Waals surface area contributed by atoms with Gasteiger partial charge in [0.15, 0.2) is 0 Å². The molecule has 6 heteroatoms. The topological polar surface area (TPSA) is 59.1 Å². The third kappa shape index (κ3) is 3.88. The van der Waals surface area contributed by atoms with Crippen LogP contribution in [0.3, 0.4) is 0 Å². The summed E-state index contributed by atoms with van der Waals surface area (Å²) in [6, 6.07) is 8.97. The fourth-order valence-electron chi connectivity index (χ4n) is 1.82. The molecule has 1 N–H and O–H groups in total. The second kappa shape index (κ2) is 6.47. The van der Waals surface area contributed by atoms with Crippen molar-refractivity contribution in [1.29, 1.82) is 0 Å². The first-order valence-electron chi connectivity index (χ1n) is 6.14. The maximum absolute atomic E-state index is 12.3. The number of hydrogen-bond donors (Lipinski definition) is 1. The summed E-state index contributed by atoms with van der Waals surface area (Å²) < 4.78 is 27.9. The van der Waals surface area contributed by atoms with Gasteiger partial charge in [-0.15, -0.1) is 0 Å². The molecule has 0 atom stereocenters. The Morgan fingerprint density at radius 1 is 1.20 bits per heavy atom. The Labute approximate surface area is 127 Å². The van der Waals surface area contributed by atoms with Gasteiger partial charge < -0.3 is 0 Å². The Bertz CT molecular complexity index is 688. The largest absolute Gasteiger partial charge is 0.265 e. The van der Waals surface area contributed by atoms with Gasteiger partial charge in [0.25, 0.3) is 0 Å². The molecule has 0 bridgehead atoms.